The molecule has 4 aromatic rings. The largest absolute Gasteiger partial charge is 0.504 e. The van der Waals surface area contributed by atoms with Gasteiger partial charge in [0.25, 0.3) is 0 Å². The van der Waals surface area contributed by atoms with Crippen LogP contribution in [0.2, 0.25) is 0 Å². The first kappa shape index (κ1) is 20.9. The fraction of sp³-hybridized carbons (Fsp3) is 0.125. The average Bonchev–Trinajstić information content (AvgIpc) is 3.13. The van der Waals surface area contributed by atoms with Crippen LogP contribution in [0.15, 0.2) is 65.8 Å². The first-order chi connectivity index (χ1) is 15.5. The second-order valence-electron chi connectivity index (χ2n) is 7.08. The molecule has 0 radical (unpaired) electrons. The SMILES string of the molecule is CCn1c2ccccc2c2cc(NC(=O)C(=O)N/N=C\c3ccc(O)c(OC)c3)ccc21. The van der Waals surface area contributed by atoms with Gasteiger partial charge in [-0.15, -0.1) is 0 Å². The van der Waals surface area contributed by atoms with Crippen molar-refractivity contribution in [2.45, 2.75) is 13.5 Å². The van der Waals surface area contributed by atoms with E-state index < -0.39 is 11.8 Å². The molecule has 2 amide bonds. The van der Waals surface area contributed by atoms with Gasteiger partial charge >= 0.3 is 11.8 Å². The zero-order valence-electron chi connectivity index (χ0n) is 17.6. The molecule has 0 aliphatic carbocycles. The molecule has 0 saturated heterocycles. The normalized spacial score (nSPS) is 11.2. The third-order valence-electron chi connectivity index (χ3n) is 5.14. The van der Waals surface area contributed by atoms with E-state index in [1.165, 1.54) is 19.4 Å². The molecule has 0 saturated carbocycles. The molecule has 0 bridgehead atoms. The molecule has 0 atom stereocenters. The van der Waals surface area contributed by atoms with Crippen LogP contribution < -0.4 is 15.5 Å². The van der Waals surface area contributed by atoms with E-state index in [0.29, 0.717) is 11.3 Å². The highest BCUT2D eigenvalue weighted by molar-refractivity contribution is 6.39. The summed E-state index contributed by atoms with van der Waals surface area (Å²) in [5, 5.41) is 18.1. The summed E-state index contributed by atoms with van der Waals surface area (Å²) in [7, 11) is 1.43. The molecular formula is C24H22N4O4. The number of nitrogens with one attached hydrogen (secondary N) is 2. The number of aryl methyl sites for hydroxylation is 1. The molecule has 8 heteroatoms. The molecule has 32 heavy (non-hydrogen) atoms. The number of hydrogen-bond acceptors (Lipinski definition) is 5. The van der Waals surface area contributed by atoms with Crippen LogP contribution in [0.1, 0.15) is 12.5 Å². The zero-order valence-corrected chi connectivity index (χ0v) is 17.6. The molecule has 1 aromatic heterocycles. The highest BCUT2D eigenvalue weighted by Crippen LogP contribution is 2.31. The van der Waals surface area contributed by atoms with Crippen LogP contribution in [0.4, 0.5) is 5.69 Å². The number of phenolic OH excluding ortho intramolecular Hbond substituents is 1. The summed E-state index contributed by atoms with van der Waals surface area (Å²) in [5.74, 6) is -1.46. The first-order valence-corrected chi connectivity index (χ1v) is 10.0. The molecule has 0 aliphatic heterocycles. The Kier molecular flexibility index (Phi) is 5.76. The van der Waals surface area contributed by atoms with E-state index >= 15 is 0 Å². The number of carbonyl (C=O) groups excluding carboxylic acids is 2. The number of amides is 2. The lowest BCUT2D eigenvalue weighted by molar-refractivity contribution is -0.136. The molecular weight excluding hydrogens is 408 g/mol. The molecule has 4 rings (SSSR count). The number of benzene rings is 3. The minimum atomic E-state index is -0.900. The van der Waals surface area contributed by atoms with Gasteiger partial charge in [0.05, 0.1) is 13.3 Å². The first-order valence-electron chi connectivity index (χ1n) is 10.0. The van der Waals surface area contributed by atoms with Crippen LogP contribution in [-0.4, -0.2) is 34.8 Å². The van der Waals surface area contributed by atoms with E-state index in [2.05, 4.69) is 33.4 Å². The van der Waals surface area contributed by atoms with E-state index in [-0.39, 0.29) is 11.5 Å². The molecule has 3 N–H and O–H groups in total. The molecule has 8 nitrogen and oxygen atoms in total. The number of rotatable bonds is 5. The van der Waals surface area contributed by atoms with Gasteiger partial charge in [-0.05, 0) is 55.0 Å². The highest BCUT2D eigenvalue weighted by atomic mass is 16.5. The number of hydrogen-bond donors (Lipinski definition) is 3. The number of phenols is 1. The number of para-hydroxylation sites is 1. The van der Waals surface area contributed by atoms with Crippen LogP contribution in [0.5, 0.6) is 11.5 Å². The van der Waals surface area contributed by atoms with Crippen LogP contribution in [0, 0.1) is 0 Å². The van der Waals surface area contributed by atoms with Crippen molar-refractivity contribution in [3.8, 4) is 11.5 Å². The summed E-state index contributed by atoms with van der Waals surface area (Å²) in [6.45, 7) is 2.91. The Morgan fingerprint density at radius 2 is 1.81 bits per heavy atom. The Morgan fingerprint density at radius 1 is 1.03 bits per heavy atom. The Bertz CT molecular complexity index is 1360. The lowest BCUT2D eigenvalue weighted by Gasteiger charge is -2.06. The zero-order chi connectivity index (χ0) is 22.7. The van der Waals surface area contributed by atoms with Crippen molar-refractivity contribution >= 4 is 45.5 Å². The van der Waals surface area contributed by atoms with E-state index in [1.54, 1.807) is 18.2 Å². The average molecular weight is 430 g/mol. The number of aromatic hydroxyl groups is 1. The Balaban J connectivity index is 1.47. The smallest absolute Gasteiger partial charge is 0.329 e. The number of nitrogens with zero attached hydrogens (tertiary/aromatic N) is 2. The fourth-order valence-electron chi connectivity index (χ4n) is 3.65. The summed E-state index contributed by atoms with van der Waals surface area (Å²) in [5.41, 5.74) is 5.47. The van der Waals surface area contributed by atoms with Crippen LogP contribution >= 0.6 is 0 Å². The van der Waals surface area contributed by atoms with Crippen molar-refractivity contribution in [2.75, 3.05) is 12.4 Å². The Morgan fingerprint density at radius 3 is 2.59 bits per heavy atom. The van der Waals surface area contributed by atoms with Gasteiger partial charge < -0.3 is 19.7 Å². The number of anilines is 1. The molecule has 0 fully saturated rings. The molecule has 162 valence electrons. The van der Waals surface area contributed by atoms with Crippen molar-refractivity contribution in [1.82, 2.24) is 9.99 Å². The van der Waals surface area contributed by atoms with Crippen molar-refractivity contribution in [1.29, 1.82) is 0 Å². The van der Waals surface area contributed by atoms with Gasteiger partial charge in [0.2, 0.25) is 0 Å². The van der Waals surface area contributed by atoms with E-state index in [4.69, 9.17) is 4.74 Å². The third kappa shape index (κ3) is 3.98. The minimum absolute atomic E-state index is 0.00732. The van der Waals surface area contributed by atoms with Gasteiger partial charge in [-0.1, -0.05) is 18.2 Å². The predicted octanol–water partition coefficient (Wildman–Crippen LogP) is 3.62. The number of hydrazone groups is 1. The third-order valence-corrected chi connectivity index (χ3v) is 5.14. The van der Waals surface area contributed by atoms with Crippen molar-refractivity contribution in [3.63, 3.8) is 0 Å². The van der Waals surface area contributed by atoms with Crippen LogP contribution in [0.25, 0.3) is 21.8 Å². The molecule has 0 spiro atoms. The predicted molar refractivity (Wildman–Crippen MR) is 124 cm³/mol. The summed E-state index contributed by atoms with van der Waals surface area (Å²) in [4.78, 5) is 24.4. The minimum Gasteiger partial charge on any atom is -0.504 e. The quantitative estimate of drug-likeness (QED) is 0.255. The van der Waals surface area contributed by atoms with Crippen LogP contribution in [0.3, 0.4) is 0 Å². The molecule has 1 heterocycles. The van der Waals surface area contributed by atoms with Gasteiger partial charge in [0.15, 0.2) is 11.5 Å². The summed E-state index contributed by atoms with van der Waals surface area (Å²) < 4.78 is 7.22. The fourth-order valence-corrected chi connectivity index (χ4v) is 3.65. The number of aromatic nitrogens is 1. The highest BCUT2D eigenvalue weighted by Gasteiger charge is 2.15. The number of carbonyl (C=O) groups is 2. The van der Waals surface area contributed by atoms with Gasteiger partial charge in [-0.25, -0.2) is 5.43 Å². The van der Waals surface area contributed by atoms with Crippen molar-refractivity contribution in [3.05, 3.63) is 66.2 Å². The molecule has 0 unspecified atom stereocenters. The lowest BCUT2D eigenvalue weighted by Crippen LogP contribution is -2.32. The topological polar surface area (TPSA) is 105 Å². The summed E-state index contributed by atoms with van der Waals surface area (Å²) in [6.07, 6.45) is 1.35. The Labute approximate surface area is 184 Å². The second kappa shape index (κ2) is 8.81. The lowest BCUT2D eigenvalue weighted by atomic mass is 10.1. The number of fused-ring (bicyclic) bond motifs is 3. The Hall–Kier alpha value is -4.33. The second-order valence-corrected chi connectivity index (χ2v) is 7.08. The monoisotopic (exact) mass is 430 g/mol. The summed E-state index contributed by atoms with van der Waals surface area (Å²) in [6, 6.07) is 18.2. The standard InChI is InChI=1S/C24H22N4O4/c1-3-28-19-7-5-4-6-17(19)18-13-16(9-10-20(18)28)26-23(30)24(31)27-25-14-15-8-11-21(29)22(12-15)32-2/h4-14,29H,3H2,1-2H3,(H,26,30)(H,27,31)/b25-14-. The number of ether oxygens (including phenoxy) is 1. The van der Waals surface area contributed by atoms with Crippen molar-refractivity contribution < 1.29 is 19.4 Å². The maximum absolute atomic E-state index is 12.3. The van der Waals surface area contributed by atoms with Crippen molar-refractivity contribution in [2.24, 2.45) is 5.10 Å². The van der Waals surface area contributed by atoms with Gasteiger partial charge in [-0.2, -0.15) is 5.10 Å². The van der Waals surface area contributed by atoms with Gasteiger partial charge in [0.1, 0.15) is 0 Å². The maximum Gasteiger partial charge on any atom is 0.329 e. The maximum atomic E-state index is 12.3. The van der Waals surface area contributed by atoms with E-state index in [9.17, 15) is 14.7 Å². The molecule has 3 aromatic carbocycles. The van der Waals surface area contributed by atoms with Crippen LogP contribution in [-0.2, 0) is 16.1 Å². The van der Waals surface area contributed by atoms with E-state index in [0.717, 1.165) is 28.4 Å². The van der Waals surface area contributed by atoms with Gasteiger partial charge in [0, 0.05) is 34.0 Å². The van der Waals surface area contributed by atoms with E-state index in [1.807, 2.05) is 30.3 Å². The summed E-state index contributed by atoms with van der Waals surface area (Å²) >= 11 is 0. The number of methoxy groups -OCH3 is 1. The van der Waals surface area contributed by atoms with Gasteiger partial charge in [-0.3, -0.25) is 9.59 Å². The molecule has 0 aliphatic rings.